The highest BCUT2D eigenvalue weighted by Crippen LogP contribution is 2.30. The summed E-state index contributed by atoms with van der Waals surface area (Å²) in [4.78, 5) is 17.4. The predicted molar refractivity (Wildman–Crippen MR) is 78.1 cm³/mol. The molecule has 2 N–H and O–H groups in total. The molecule has 1 aliphatic rings. The number of amides is 2. The molecule has 0 aliphatic carbocycles. The molecule has 2 aromatic rings. The van der Waals surface area contributed by atoms with Crippen LogP contribution in [0.1, 0.15) is 30.1 Å². The Morgan fingerprint density at radius 1 is 1.33 bits per heavy atom. The Hall–Kier alpha value is -2.30. The first-order valence-corrected chi connectivity index (χ1v) is 7.16. The lowest BCUT2D eigenvalue weighted by Gasteiger charge is -2.24. The van der Waals surface area contributed by atoms with Crippen LogP contribution in [-0.4, -0.2) is 22.5 Å². The van der Waals surface area contributed by atoms with Gasteiger partial charge in [-0.15, -0.1) is 0 Å². The number of H-pyrrole nitrogens is 1. The highest BCUT2D eigenvalue weighted by Gasteiger charge is 2.30. The van der Waals surface area contributed by atoms with E-state index in [1.807, 2.05) is 23.2 Å². The minimum absolute atomic E-state index is 0.0728. The molecule has 2 heterocycles. The minimum atomic E-state index is -0.267. The molecule has 21 heavy (non-hydrogen) atoms. The summed E-state index contributed by atoms with van der Waals surface area (Å²) in [5, 5.41) is 2.90. The molecule has 1 aromatic heterocycles. The van der Waals surface area contributed by atoms with Crippen molar-refractivity contribution in [2.45, 2.75) is 25.4 Å². The molecule has 1 fully saturated rings. The number of halogens is 1. The number of nitrogens with one attached hydrogen (secondary N) is 2. The van der Waals surface area contributed by atoms with Crippen LogP contribution in [-0.2, 0) is 6.54 Å². The highest BCUT2D eigenvalue weighted by atomic mass is 19.1. The summed E-state index contributed by atoms with van der Waals surface area (Å²) in [6.45, 7) is 1.17. The average molecular weight is 287 g/mol. The van der Waals surface area contributed by atoms with Crippen LogP contribution in [0, 0.1) is 5.82 Å². The first-order valence-electron chi connectivity index (χ1n) is 7.16. The van der Waals surface area contributed by atoms with Crippen molar-refractivity contribution in [3.8, 4) is 0 Å². The van der Waals surface area contributed by atoms with Crippen molar-refractivity contribution < 1.29 is 9.18 Å². The first kappa shape index (κ1) is 13.7. The van der Waals surface area contributed by atoms with Gasteiger partial charge in [0.05, 0.1) is 6.04 Å². The number of aromatic amines is 1. The van der Waals surface area contributed by atoms with Gasteiger partial charge in [-0.2, -0.15) is 0 Å². The summed E-state index contributed by atoms with van der Waals surface area (Å²) >= 11 is 0. The SMILES string of the molecule is O=C(NCc1ccc(F)cc1)N1CCCC1c1ccc[nH]1. The van der Waals surface area contributed by atoms with Crippen LogP contribution in [0.3, 0.4) is 0 Å². The van der Waals surface area contributed by atoms with Crippen LogP contribution in [0.5, 0.6) is 0 Å². The molecule has 1 saturated heterocycles. The van der Waals surface area contributed by atoms with E-state index in [9.17, 15) is 9.18 Å². The van der Waals surface area contributed by atoms with Crippen LogP contribution >= 0.6 is 0 Å². The fourth-order valence-electron chi connectivity index (χ4n) is 2.77. The Labute approximate surface area is 123 Å². The Morgan fingerprint density at radius 3 is 2.86 bits per heavy atom. The third kappa shape index (κ3) is 3.07. The Bertz CT molecular complexity index is 594. The Kier molecular flexibility index (Phi) is 3.90. The van der Waals surface area contributed by atoms with Crippen molar-refractivity contribution >= 4 is 6.03 Å². The van der Waals surface area contributed by atoms with Gasteiger partial charge in [-0.3, -0.25) is 0 Å². The van der Waals surface area contributed by atoms with E-state index in [1.165, 1.54) is 12.1 Å². The standard InChI is InChI=1S/C16H18FN3O/c17-13-7-5-12(6-8-13)11-19-16(21)20-10-2-4-15(20)14-3-1-9-18-14/h1,3,5-9,15,18H,2,4,10-11H2,(H,19,21). The van der Waals surface area contributed by atoms with Crippen molar-refractivity contribution in [2.24, 2.45) is 0 Å². The molecular formula is C16H18FN3O. The molecule has 110 valence electrons. The van der Waals surface area contributed by atoms with Gasteiger partial charge in [-0.05, 0) is 42.7 Å². The molecule has 3 rings (SSSR count). The van der Waals surface area contributed by atoms with Gasteiger partial charge in [-0.25, -0.2) is 9.18 Å². The number of rotatable bonds is 3. The Morgan fingerprint density at radius 2 is 2.14 bits per heavy atom. The summed E-state index contributed by atoms with van der Waals surface area (Å²) in [6.07, 6.45) is 3.86. The normalized spacial score (nSPS) is 18.0. The lowest BCUT2D eigenvalue weighted by atomic mass is 10.1. The van der Waals surface area contributed by atoms with Crippen molar-refractivity contribution in [3.05, 3.63) is 59.7 Å². The van der Waals surface area contributed by atoms with E-state index in [-0.39, 0.29) is 17.9 Å². The zero-order chi connectivity index (χ0) is 14.7. The molecule has 5 heteroatoms. The smallest absolute Gasteiger partial charge is 0.318 e. The molecule has 1 unspecified atom stereocenters. The molecule has 1 aliphatic heterocycles. The fourth-order valence-corrected chi connectivity index (χ4v) is 2.77. The number of nitrogens with zero attached hydrogens (tertiary/aromatic N) is 1. The van der Waals surface area contributed by atoms with E-state index in [1.54, 1.807) is 12.1 Å². The van der Waals surface area contributed by atoms with E-state index >= 15 is 0 Å². The van der Waals surface area contributed by atoms with E-state index in [0.717, 1.165) is 30.6 Å². The predicted octanol–water partition coefficient (Wildman–Crippen LogP) is 3.20. The average Bonchev–Trinajstić information content (AvgIpc) is 3.16. The van der Waals surface area contributed by atoms with Crippen LogP contribution in [0.4, 0.5) is 9.18 Å². The van der Waals surface area contributed by atoms with E-state index < -0.39 is 0 Å². The van der Waals surface area contributed by atoms with Gasteiger partial charge in [0.25, 0.3) is 0 Å². The van der Waals surface area contributed by atoms with Gasteiger partial charge in [0.15, 0.2) is 0 Å². The van der Waals surface area contributed by atoms with Gasteiger partial charge in [-0.1, -0.05) is 12.1 Å². The number of carbonyl (C=O) groups excluding carboxylic acids is 1. The van der Waals surface area contributed by atoms with Crippen molar-refractivity contribution in [1.29, 1.82) is 0 Å². The molecule has 1 aromatic carbocycles. The molecular weight excluding hydrogens is 269 g/mol. The Balaban J connectivity index is 1.61. The van der Waals surface area contributed by atoms with Crippen molar-refractivity contribution in [1.82, 2.24) is 15.2 Å². The maximum Gasteiger partial charge on any atom is 0.318 e. The number of hydrogen-bond acceptors (Lipinski definition) is 1. The summed E-state index contributed by atoms with van der Waals surface area (Å²) < 4.78 is 12.8. The third-order valence-corrected chi connectivity index (χ3v) is 3.85. The van der Waals surface area contributed by atoms with Gasteiger partial charge in [0.2, 0.25) is 0 Å². The molecule has 0 saturated carbocycles. The van der Waals surface area contributed by atoms with E-state index in [0.29, 0.717) is 6.54 Å². The van der Waals surface area contributed by atoms with Crippen molar-refractivity contribution in [2.75, 3.05) is 6.54 Å². The topological polar surface area (TPSA) is 48.1 Å². The van der Waals surface area contributed by atoms with Gasteiger partial charge >= 0.3 is 6.03 Å². The van der Waals surface area contributed by atoms with Gasteiger partial charge < -0.3 is 15.2 Å². The molecule has 0 radical (unpaired) electrons. The summed E-state index contributed by atoms with van der Waals surface area (Å²) in [6, 6.07) is 10.2. The summed E-state index contributed by atoms with van der Waals surface area (Å²) in [7, 11) is 0. The van der Waals surface area contributed by atoms with E-state index in [4.69, 9.17) is 0 Å². The maximum absolute atomic E-state index is 12.8. The van der Waals surface area contributed by atoms with Crippen LogP contribution in [0.2, 0.25) is 0 Å². The molecule has 4 nitrogen and oxygen atoms in total. The molecule has 0 spiro atoms. The van der Waals surface area contributed by atoms with Crippen molar-refractivity contribution in [3.63, 3.8) is 0 Å². The number of hydrogen-bond donors (Lipinski definition) is 2. The lowest BCUT2D eigenvalue weighted by Crippen LogP contribution is -2.39. The summed E-state index contributed by atoms with van der Waals surface area (Å²) in [5.74, 6) is -0.267. The van der Waals surface area contributed by atoms with Gasteiger partial charge in [0.1, 0.15) is 5.82 Å². The zero-order valence-corrected chi connectivity index (χ0v) is 11.7. The zero-order valence-electron chi connectivity index (χ0n) is 11.7. The molecule has 1 atom stereocenters. The quantitative estimate of drug-likeness (QED) is 0.894. The second kappa shape index (κ2) is 5.99. The molecule has 0 bridgehead atoms. The third-order valence-electron chi connectivity index (χ3n) is 3.85. The molecule has 2 amide bonds. The fraction of sp³-hybridized carbons (Fsp3) is 0.312. The maximum atomic E-state index is 12.8. The lowest BCUT2D eigenvalue weighted by molar-refractivity contribution is 0.191. The summed E-state index contributed by atoms with van der Waals surface area (Å²) in [5.41, 5.74) is 1.96. The first-order chi connectivity index (χ1) is 10.2. The monoisotopic (exact) mass is 287 g/mol. The number of aromatic nitrogens is 1. The highest BCUT2D eigenvalue weighted by molar-refractivity contribution is 5.75. The second-order valence-electron chi connectivity index (χ2n) is 5.26. The van der Waals surface area contributed by atoms with Crippen LogP contribution in [0.15, 0.2) is 42.6 Å². The van der Waals surface area contributed by atoms with Gasteiger partial charge in [0, 0.05) is 25.0 Å². The van der Waals surface area contributed by atoms with Crippen LogP contribution in [0.25, 0.3) is 0 Å². The minimum Gasteiger partial charge on any atom is -0.363 e. The van der Waals surface area contributed by atoms with E-state index in [2.05, 4.69) is 10.3 Å². The number of carbonyl (C=O) groups is 1. The van der Waals surface area contributed by atoms with Crippen LogP contribution < -0.4 is 5.32 Å². The number of urea groups is 1. The number of benzene rings is 1. The number of likely N-dealkylation sites (tertiary alicyclic amines) is 1. The largest absolute Gasteiger partial charge is 0.363 e. The second-order valence-corrected chi connectivity index (χ2v) is 5.26.